The minimum Gasteiger partial charge on any atom is -0.318 e. The van der Waals surface area contributed by atoms with E-state index in [1.54, 1.807) is 25.2 Å². The molecule has 1 aromatic rings. The number of rotatable bonds is 2. The second-order valence-corrected chi connectivity index (χ2v) is 5.22. The molecule has 0 aliphatic carbocycles. The summed E-state index contributed by atoms with van der Waals surface area (Å²) in [6.45, 7) is 4.10. The van der Waals surface area contributed by atoms with Gasteiger partial charge in [-0.25, -0.2) is 9.69 Å². The van der Waals surface area contributed by atoms with Gasteiger partial charge in [0.2, 0.25) is 5.91 Å². The van der Waals surface area contributed by atoms with Gasteiger partial charge in [0.25, 0.3) is 11.6 Å². The number of carbonyl (C=O) groups excluding carboxylic acids is 3. The second kappa shape index (κ2) is 5.25. The second-order valence-electron chi connectivity index (χ2n) is 5.22. The molecule has 6 nitrogen and oxygen atoms in total. The molecule has 1 aliphatic heterocycles. The molecule has 0 unspecified atom stereocenters. The van der Waals surface area contributed by atoms with Gasteiger partial charge in [0.05, 0.1) is 5.69 Å². The van der Waals surface area contributed by atoms with Crippen LogP contribution in [0.1, 0.15) is 18.1 Å². The van der Waals surface area contributed by atoms with Crippen LogP contribution in [0.5, 0.6) is 0 Å². The van der Waals surface area contributed by atoms with Crippen LogP contribution in [0.15, 0.2) is 18.2 Å². The summed E-state index contributed by atoms with van der Waals surface area (Å²) in [6, 6.07) is 3.32. The van der Waals surface area contributed by atoms with Gasteiger partial charge in [0.1, 0.15) is 0 Å². The summed E-state index contributed by atoms with van der Waals surface area (Å²) in [7, 11) is 0. The number of halogens is 3. The zero-order chi connectivity index (χ0) is 17.6. The molecule has 2 rings (SSSR count). The van der Waals surface area contributed by atoms with E-state index >= 15 is 0 Å². The number of anilines is 1. The van der Waals surface area contributed by atoms with E-state index in [1.807, 2.05) is 0 Å². The smallest absolute Gasteiger partial charge is 0.318 e. The number of amides is 4. The monoisotopic (exact) mass is 329 g/mol. The summed E-state index contributed by atoms with van der Waals surface area (Å²) in [5.41, 5.74) is -2.25. The van der Waals surface area contributed by atoms with Gasteiger partial charge in [-0.1, -0.05) is 12.1 Å². The van der Waals surface area contributed by atoms with Crippen molar-refractivity contribution in [2.75, 3.05) is 4.90 Å². The van der Waals surface area contributed by atoms with Crippen molar-refractivity contribution < 1.29 is 27.6 Å². The molecule has 1 saturated heterocycles. The summed E-state index contributed by atoms with van der Waals surface area (Å²) in [5, 5.41) is 3.09. The number of aryl methyl sites for hydroxylation is 1. The van der Waals surface area contributed by atoms with Crippen molar-refractivity contribution in [1.82, 2.24) is 10.6 Å². The molecule has 23 heavy (non-hydrogen) atoms. The number of hydrogen-bond donors (Lipinski definition) is 2. The fraction of sp³-hybridized carbons (Fsp3) is 0.357. The summed E-state index contributed by atoms with van der Waals surface area (Å²) >= 11 is 0. The van der Waals surface area contributed by atoms with Crippen LogP contribution in [0.4, 0.5) is 23.7 Å². The van der Waals surface area contributed by atoms with E-state index in [9.17, 15) is 27.6 Å². The Hall–Kier alpha value is -2.58. The molecule has 0 radical (unpaired) electrons. The number of urea groups is 1. The number of hydrogen-bond acceptors (Lipinski definition) is 3. The van der Waals surface area contributed by atoms with Crippen LogP contribution in [0.3, 0.4) is 0 Å². The van der Waals surface area contributed by atoms with Crippen LogP contribution in [-0.4, -0.2) is 29.7 Å². The highest BCUT2D eigenvalue weighted by molar-refractivity contribution is 6.24. The van der Waals surface area contributed by atoms with Gasteiger partial charge < -0.3 is 5.32 Å². The molecule has 9 heteroatoms. The maximum Gasteiger partial charge on any atom is 0.440 e. The van der Waals surface area contributed by atoms with Gasteiger partial charge >= 0.3 is 12.2 Å². The van der Waals surface area contributed by atoms with Crippen molar-refractivity contribution in [3.8, 4) is 0 Å². The van der Waals surface area contributed by atoms with E-state index in [-0.39, 0.29) is 5.69 Å². The number of benzene rings is 1. The van der Waals surface area contributed by atoms with Crippen molar-refractivity contribution >= 4 is 23.5 Å². The van der Waals surface area contributed by atoms with E-state index in [0.29, 0.717) is 16.0 Å². The number of nitrogens with zero attached hydrogens (tertiary/aromatic N) is 1. The summed E-state index contributed by atoms with van der Waals surface area (Å²) < 4.78 is 40.2. The van der Waals surface area contributed by atoms with Gasteiger partial charge in [0.15, 0.2) is 0 Å². The van der Waals surface area contributed by atoms with E-state index < -0.39 is 29.7 Å². The first kappa shape index (κ1) is 16.8. The quantitative estimate of drug-likeness (QED) is 0.812. The number of carbonyl (C=O) groups is 3. The first-order valence-electron chi connectivity index (χ1n) is 6.59. The van der Waals surface area contributed by atoms with Crippen molar-refractivity contribution in [2.24, 2.45) is 0 Å². The Balaban J connectivity index is 2.58. The molecule has 0 saturated carbocycles. The Bertz CT molecular complexity index is 702. The Labute approximate surface area is 129 Å². The highest BCUT2D eigenvalue weighted by Crippen LogP contribution is 2.36. The van der Waals surface area contributed by atoms with Crippen LogP contribution >= 0.6 is 0 Å². The molecule has 1 aliphatic rings. The lowest BCUT2D eigenvalue weighted by molar-refractivity contribution is -0.201. The zero-order valence-corrected chi connectivity index (χ0v) is 12.5. The first-order valence-corrected chi connectivity index (χ1v) is 6.59. The molecule has 2 N–H and O–H groups in total. The van der Waals surface area contributed by atoms with E-state index in [4.69, 9.17) is 0 Å². The minimum atomic E-state index is -5.20. The van der Waals surface area contributed by atoms with Gasteiger partial charge in [-0.3, -0.25) is 14.9 Å². The lowest BCUT2D eigenvalue weighted by Crippen LogP contribution is -2.69. The minimum absolute atomic E-state index is 0.0315. The highest BCUT2D eigenvalue weighted by atomic mass is 19.4. The molecule has 1 aromatic carbocycles. The average Bonchev–Trinajstić information content (AvgIpc) is 2.65. The Morgan fingerprint density at radius 3 is 2.39 bits per heavy atom. The molecule has 4 amide bonds. The van der Waals surface area contributed by atoms with Crippen molar-refractivity contribution in [2.45, 2.75) is 32.6 Å². The molecule has 1 heterocycles. The third-order valence-electron chi connectivity index (χ3n) is 3.63. The fourth-order valence-electron chi connectivity index (χ4n) is 2.34. The fourth-order valence-corrected chi connectivity index (χ4v) is 2.34. The van der Waals surface area contributed by atoms with Crippen LogP contribution in [0, 0.1) is 13.8 Å². The topological polar surface area (TPSA) is 78.5 Å². The van der Waals surface area contributed by atoms with Crippen molar-refractivity contribution in [3.63, 3.8) is 0 Å². The molecule has 1 atom stereocenters. The third-order valence-corrected chi connectivity index (χ3v) is 3.63. The lowest BCUT2D eigenvalue weighted by atomic mass is 10.1. The molecule has 124 valence electrons. The van der Waals surface area contributed by atoms with E-state index in [1.165, 1.54) is 17.4 Å². The zero-order valence-electron chi connectivity index (χ0n) is 12.5. The van der Waals surface area contributed by atoms with Crippen LogP contribution in [-0.2, 0) is 9.59 Å². The van der Waals surface area contributed by atoms with Crippen LogP contribution < -0.4 is 15.5 Å². The largest absolute Gasteiger partial charge is 0.440 e. The van der Waals surface area contributed by atoms with Crippen molar-refractivity contribution in [1.29, 1.82) is 0 Å². The lowest BCUT2D eigenvalue weighted by Gasteiger charge is -2.29. The predicted octanol–water partition coefficient (Wildman–Crippen LogP) is 1.75. The van der Waals surface area contributed by atoms with E-state index in [0.717, 1.165) is 6.92 Å². The number of alkyl halides is 3. The maximum atomic E-state index is 13.4. The molecule has 0 spiro atoms. The van der Waals surface area contributed by atoms with Gasteiger partial charge in [0, 0.05) is 6.92 Å². The third kappa shape index (κ3) is 2.51. The molecular weight excluding hydrogens is 315 g/mol. The standard InChI is InChI=1S/C14H14F3N3O3/c1-7-5-4-6-10(8(7)2)20-11(22)13(14(15,16)17,18-9(3)21)19-12(20)23/h4-6H,1-3H3,(H,18,21)(H,19,23)/t13-/m0/s1. The Morgan fingerprint density at radius 1 is 1.26 bits per heavy atom. The van der Waals surface area contributed by atoms with Gasteiger partial charge in [-0.05, 0) is 31.0 Å². The highest BCUT2D eigenvalue weighted by Gasteiger charge is 2.69. The SMILES string of the molecule is CC(=O)N[C@]1(C(F)(F)F)NC(=O)N(c2cccc(C)c2C)C1=O. The maximum absolute atomic E-state index is 13.4. The van der Waals surface area contributed by atoms with Crippen LogP contribution in [0.2, 0.25) is 0 Å². The number of imide groups is 1. The van der Waals surface area contributed by atoms with Gasteiger partial charge in [-0.2, -0.15) is 13.2 Å². The van der Waals surface area contributed by atoms with E-state index in [2.05, 4.69) is 0 Å². The Kier molecular flexibility index (Phi) is 3.83. The van der Waals surface area contributed by atoms with Gasteiger partial charge in [-0.15, -0.1) is 0 Å². The van der Waals surface area contributed by atoms with Crippen molar-refractivity contribution in [3.05, 3.63) is 29.3 Å². The molecule has 1 fully saturated rings. The van der Waals surface area contributed by atoms with Crippen LogP contribution in [0.25, 0.3) is 0 Å². The average molecular weight is 329 g/mol. The molecule has 0 aromatic heterocycles. The molecule has 0 bridgehead atoms. The normalized spacial score (nSPS) is 21.4. The first-order chi connectivity index (χ1) is 10.5. The summed E-state index contributed by atoms with van der Waals surface area (Å²) in [5.74, 6) is -2.70. The summed E-state index contributed by atoms with van der Waals surface area (Å²) in [6.07, 6.45) is -5.20. The molecular formula is C14H14F3N3O3. The Morgan fingerprint density at radius 2 is 1.87 bits per heavy atom. The predicted molar refractivity (Wildman–Crippen MR) is 74.5 cm³/mol. The summed E-state index contributed by atoms with van der Waals surface area (Å²) in [4.78, 5) is 36.0. The number of nitrogens with one attached hydrogen (secondary N) is 2.